The number of esters is 1. The van der Waals surface area contributed by atoms with E-state index in [0.717, 1.165) is 5.56 Å². The fraction of sp³-hybridized carbons (Fsp3) is 0.259. The summed E-state index contributed by atoms with van der Waals surface area (Å²) in [4.78, 5) is 48.9. The molecule has 0 aliphatic carbocycles. The lowest BCUT2D eigenvalue weighted by molar-refractivity contribution is -0.384. The Kier molecular flexibility index (Phi) is 9.44. The minimum absolute atomic E-state index is 0.0890. The predicted molar refractivity (Wildman–Crippen MR) is 139 cm³/mol. The highest BCUT2D eigenvalue weighted by Gasteiger charge is 2.37. The lowest BCUT2D eigenvalue weighted by Gasteiger charge is -2.31. The number of carbonyl (C=O) groups excluding carboxylic acids is 3. The number of nitro benzene ring substituents is 1. The van der Waals surface area contributed by atoms with Crippen molar-refractivity contribution < 1.29 is 33.5 Å². The summed E-state index contributed by atoms with van der Waals surface area (Å²) >= 11 is 0. The van der Waals surface area contributed by atoms with Crippen LogP contribution in [-0.4, -0.2) is 55.2 Å². The van der Waals surface area contributed by atoms with Gasteiger partial charge in [0.25, 0.3) is 5.69 Å². The first kappa shape index (κ1) is 28.5. The summed E-state index contributed by atoms with van der Waals surface area (Å²) in [5.41, 5.74) is 7.03. The summed E-state index contributed by atoms with van der Waals surface area (Å²) in [6.45, 7) is 1.32. The van der Waals surface area contributed by atoms with Gasteiger partial charge in [0.15, 0.2) is 0 Å². The van der Waals surface area contributed by atoms with Gasteiger partial charge in [-0.15, -0.1) is 0 Å². The highest BCUT2D eigenvalue weighted by atomic mass is 16.6. The Balaban J connectivity index is 1.92. The Bertz CT molecular complexity index is 1360. The number of methoxy groups -OCH3 is 1. The number of likely N-dealkylation sites (N-methyl/N-ethyl adjacent to an activating group) is 1. The first-order valence-electron chi connectivity index (χ1n) is 11.7. The number of nitro groups is 1. The molecule has 2 aromatic rings. The number of nitrogens with one attached hydrogen (secondary N) is 1. The molecule has 12 heteroatoms. The second kappa shape index (κ2) is 12.9. The van der Waals surface area contributed by atoms with Crippen LogP contribution in [-0.2, 0) is 30.3 Å². The standard InChI is InChI=1S/C27H28N4O8/c1-17-23(26(33)38-15-21(14-32)30(2)13-18-8-5-4-6-9-18)24(19-10-7-11-20(12-19)31(35)36)25(37-3)22(29-17)16-39-27(28)34/h4-12,24,29H,13,15-16H2,1-3H3,(H2,28,34). The van der Waals surface area contributed by atoms with Crippen LogP contribution in [0.25, 0.3) is 0 Å². The number of amides is 1. The van der Waals surface area contributed by atoms with Crippen molar-refractivity contribution in [1.82, 2.24) is 10.2 Å². The number of rotatable bonds is 11. The van der Waals surface area contributed by atoms with E-state index in [1.54, 1.807) is 24.9 Å². The lowest BCUT2D eigenvalue weighted by atomic mass is 9.84. The van der Waals surface area contributed by atoms with Crippen LogP contribution in [0.1, 0.15) is 24.0 Å². The number of non-ortho nitro benzene ring substituents is 1. The first-order valence-corrected chi connectivity index (χ1v) is 11.7. The van der Waals surface area contributed by atoms with Gasteiger partial charge in [0, 0.05) is 31.4 Å². The fourth-order valence-corrected chi connectivity index (χ4v) is 4.16. The van der Waals surface area contributed by atoms with E-state index in [0.29, 0.717) is 17.8 Å². The number of primary amides is 1. The van der Waals surface area contributed by atoms with Gasteiger partial charge in [-0.05, 0) is 18.1 Å². The van der Waals surface area contributed by atoms with E-state index in [9.17, 15) is 24.5 Å². The molecule has 3 rings (SSSR count). The fourth-order valence-electron chi connectivity index (χ4n) is 4.16. The van der Waals surface area contributed by atoms with Gasteiger partial charge in [-0.25, -0.2) is 14.4 Å². The number of nitrogens with zero attached hydrogens (tertiary/aromatic N) is 2. The smallest absolute Gasteiger partial charge is 0.404 e. The number of carbonyl (C=O) groups is 2. The van der Waals surface area contributed by atoms with Gasteiger partial charge in [0.1, 0.15) is 30.6 Å². The Morgan fingerprint density at radius 1 is 1.15 bits per heavy atom. The monoisotopic (exact) mass is 536 g/mol. The van der Waals surface area contributed by atoms with Crippen molar-refractivity contribution in [2.45, 2.75) is 19.4 Å². The average Bonchev–Trinajstić information content (AvgIpc) is 2.92. The maximum Gasteiger partial charge on any atom is 0.404 e. The molecule has 1 aliphatic heterocycles. The Morgan fingerprint density at radius 3 is 2.49 bits per heavy atom. The van der Waals surface area contributed by atoms with Crippen molar-refractivity contribution in [3.05, 3.63) is 104 Å². The molecule has 0 aromatic heterocycles. The molecule has 1 aliphatic rings. The van der Waals surface area contributed by atoms with Crippen molar-refractivity contribution in [2.75, 3.05) is 27.4 Å². The number of hydrogen-bond acceptors (Lipinski definition) is 10. The van der Waals surface area contributed by atoms with Crippen LogP contribution < -0.4 is 11.1 Å². The molecule has 1 amide bonds. The molecular weight excluding hydrogens is 508 g/mol. The lowest BCUT2D eigenvalue weighted by Crippen LogP contribution is -2.33. The predicted octanol–water partition coefficient (Wildman–Crippen LogP) is 2.90. The third kappa shape index (κ3) is 7.02. The van der Waals surface area contributed by atoms with Crippen LogP contribution in [0.3, 0.4) is 0 Å². The van der Waals surface area contributed by atoms with E-state index in [1.807, 2.05) is 36.3 Å². The molecule has 3 N–H and O–H groups in total. The number of hydrogen-bond donors (Lipinski definition) is 2. The van der Waals surface area contributed by atoms with Crippen molar-refractivity contribution in [3.8, 4) is 0 Å². The van der Waals surface area contributed by atoms with E-state index >= 15 is 0 Å². The number of allylic oxidation sites excluding steroid dienone is 2. The summed E-state index contributed by atoms with van der Waals surface area (Å²) in [5.74, 6) is 0.244. The van der Waals surface area contributed by atoms with Gasteiger partial charge in [-0.2, -0.15) is 0 Å². The molecule has 1 heterocycles. The van der Waals surface area contributed by atoms with Crippen LogP contribution in [0.5, 0.6) is 0 Å². The largest absolute Gasteiger partial charge is 0.498 e. The van der Waals surface area contributed by atoms with E-state index in [1.165, 1.54) is 25.3 Å². The highest BCUT2D eigenvalue weighted by Crippen LogP contribution is 2.40. The molecule has 0 saturated heterocycles. The molecule has 0 spiro atoms. The maximum atomic E-state index is 13.4. The second-order valence-corrected chi connectivity index (χ2v) is 8.57. The molecule has 12 nitrogen and oxygen atoms in total. The Labute approximate surface area is 224 Å². The van der Waals surface area contributed by atoms with Crippen LogP contribution >= 0.6 is 0 Å². The number of benzene rings is 2. The average molecular weight is 537 g/mol. The summed E-state index contributed by atoms with van der Waals surface area (Å²) in [5, 5.41) is 14.4. The van der Waals surface area contributed by atoms with Crippen molar-refractivity contribution >= 4 is 23.7 Å². The minimum Gasteiger partial charge on any atom is -0.498 e. The molecule has 2 aromatic carbocycles. The van der Waals surface area contributed by atoms with Gasteiger partial charge in [0.2, 0.25) is 0 Å². The molecule has 204 valence electrons. The second-order valence-electron chi connectivity index (χ2n) is 8.57. The van der Waals surface area contributed by atoms with Gasteiger partial charge in [-0.1, -0.05) is 42.5 Å². The van der Waals surface area contributed by atoms with Crippen molar-refractivity contribution in [3.63, 3.8) is 0 Å². The van der Waals surface area contributed by atoms with Crippen molar-refractivity contribution in [1.29, 1.82) is 0 Å². The number of ether oxygens (including phenoxy) is 3. The van der Waals surface area contributed by atoms with Crippen molar-refractivity contribution in [2.24, 2.45) is 5.73 Å². The molecular formula is C27H28N4O8. The van der Waals surface area contributed by atoms with E-state index < -0.39 is 22.9 Å². The highest BCUT2D eigenvalue weighted by molar-refractivity contribution is 5.92. The maximum absolute atomic E-state index is 13.4. The quantitative estimate of drug-likeness (QED) is 0.189. The van der Waals surface area contributed by atoms with E-state index in [-0.39, 0.29) is 41.6 Å². The summed E-state index contributed by atoms with van der Waals surface area (Å²) < 4.78 is 16.0. The van der Waals surface area contributed by atoms with Crippen LogP contribution in [0.15, 0.2) is 83.0 Å². The number of dihydropyridines is 1. The van der Waals surface area contributed by atoms with Gasteiger partial charge in [0.05, 0.1) is 29.2 Å². The molecule has 0 saturated carbocycles. The zero-order valence-electron chi connectivity index (χ0n) is 21.6. The van der Waals surface area contributed by atoms with Crippen LogP contribution in [0, 0.1) is 10.1 Å². The molecule has 1 atom stereocenters. The third-order valence-electron chi connectivity index (χ3n) is 5.98. The van der Waals surface area contributed by atoms with Gasteiger partial charge in [-0.3, -0.25) is 10.1 Å². The molecule has 39 heavy (non-hydrogen) atoms. The molecule has 0 radical (unpaired) electrons. The molecule has 1 unspecified atom stereocenters. The summed E-state index contributed by atoms with van der Waals surface area (Å²) in [7, 11) is 3.03. The molecule has 0 fully saturated rings. The first-order chi connectivity index (χ1) is 18.7. The summed E-state index contributed by atoms with van der Waals surface area (Å²) in [6, 6.07) is 15.1. The molecule has 0 bridgehead atoms. The van der Waals surface area contributed by atoms with Gasteiger partial charge >= 0.3 is 12.1 Å². The third-order valence-corrected chi connectivity index (χ3v) is 5.98. The van der Waals surface area contributed by atoms with Crippen LogP contribution in [0.2, 0.25) is 0 Å². The van der Waals surface area contributed by atoms with Gasteiger partial charge < -0.3 is 30.2 Å². The zero-order chi connectivity index (χ0) is 28.5. The Hall–Kier alpha value is -5.09. The normalized spacial score (nSPS) is 14.6. The summed E-state index contributed by atoms with van der Waals surface area (Å²) in [6.07, 6.45) is -1.02. The Morgan fingerprint density at radius 2 is 1.87 bits per heavy atom. The minimum atomic E-state index is -1.02. The topological polar surface area (TPSA) is 163 Å². The number of nitrogens with two attached hydrogens (primary N) is 1. The van der Waals surface area contributed by atoms with E-state index in [4.69, 9.17) is 19.9 Å². The van der Waals surface area contributed by atoms with Crippen LogP contribution in [0.4, 0.5) is 10.5 Å². The van der Waals surface area contributed by atoms with E-state index in [2.05, 4.69) is 5.32 Å². The zero-order valence-corrected chi connectivity index (χ0v) is 21.6. The SMILES string of the molecule is COC1=C(COC(N)=O)NC(C)=C(C(=O)OCC(=C=O)N(C)Cc2ccccc2)C1c1cccc([N+](=O)[O-])c1.